The van der Waals surface area contributed by atoms with Gasteiger partial charge in [0.25, 0.3) is 0 Å². The second-order valence-corrected chi connectivity index (χ2v) is 11.6. The molecule has 0 aliphatic rings. The number of ketones is 2. The largest absolute Gasteiger partial charge is 0.493 e. The van der Waals surface area contributed by atoms with Crippen LogP contribution in [0.15, 0.2) is 36.4 Å². The topological polar surface area (TPSA) is 88.1 Å². The summed E-state index contributed by atoms with van der Waals surface area (Å²) in [4.78, 5) is 29.5. The minimum atomic E-state index is -1.97. The van der Waals surface area contributed by atoms with Crippen LogP contribution in [0.1, 0.15) is 114 Å². The normalized spacial score (nSPS) is 11.5. The van der Waals surface area contributed by atoms with E-state index in [0.717, 1.165) is 51.4 Å². The molecule has 232 valence electrons. The Morgan fingerprint density at radius 2 is 0.905 bits per heavy atom. The van der Waals surface area contributed by atoms with Crippen LogP contribution in [0, 0.1) is 5.92 Å². The minimum absolute atomic E-state index is 0.132. The molecule has 2 aromatic carbocycles. The number of carbonyl (C=O) groups is 2. The number of hydrogen-bond acceptors (Lipinski definition) is 7. The standard InChI is InChI=1S/C34H49O7P/c1-7-11-21-38-26-17-15-18-27(39-22-12-8-2)30(26)32(35)34(42-37,25(5)6)33(36)31-28(40-23-13-9-3)19-16-20-29(31)41-24-14-10-4/h15-20,25H,7-14,21-24H2,1-6H3. The van der Waals surface area contributed by atoms with Crippen LogP contribution >= 0.6 is 8.46 Å². The summed E-state index contributed by atoms with van der Waals surface area (Å²) in [6.45, 7) is 13.3. The summed E-state index contributed by atoms with van der Waals surface area (Å²) in [5, 5.41) is -1.97. The van der Waals surface area contributed by atoms with Crippen molar-refractivity contribution in [3.63, 3.8) is 0 Å². The molecular formula is C34H49O7P. The van der Waals surface area contributed by atoms with Crippen LogP contribution in [0.5, 0.6) is 23.0 Å². The van der Waals surface area contributed by atoms with Crippen LogP contribution in [-0.4, -0.2) is 43.2 Å². The number of carbonyl (C=O) groups excluding carboxylic acids is 2. The van der Waals surface area contributed by atoms with Crippen LogP contribution in [0.3, 0.4) is 0 Å². The maximum absolute atomic E-state index is 14.7. The van der Waals surface area contributed by atoms with Crippen molar-refractivity contribution in [2.24, 2.45) is 5.92 Å². The highest BCUT2D eigenvalue weighted by Gasteiger charge is 2.53. The summed E-state index contributed by atoms with van der Waals surface area (Å²) in [5.74, 6) is -0.601. The lowest BCUT2D eigenvalue weighted by molar-refractivity contribution is 0.0790. The van der Waals surface area contributed by atoms with Gasteiger partial charge in [-0.05, 0) is 55.9 Å². The van der Waals surface area contributed by atoms with Crippen molar-refractivity contribution in [3.05, 3.63) is 47.5 Å². The van der Waals surface area contributed by atoms with Gasteiger partial charge in [-0.2, -0.15) is 0 Å². The molecule has 0 amide bonds. The molecule has 0 heterocycles. The van der Waals surface area contributed by atoms with Gasteiger partial charge in [-0.1, -0.05) is 79.4 Å². The Balaban J connectivity index is 2.76. The smallest absolute Gasteiger partial charge is 0.196 e. The van der Waals surface area contributed by atoms with E-state index in [1.165, 1.54) is 0 Å². The van der Waals surface area contributed by atoms with Crippen molar-refractivity contribution in [1.29, 1.82) is 0 Å². The van der Waals surface area contributed by atoms with Crippen molar-refractivity contribution < 1.29 is 33.1 Å². The van der Waals surface area contributed by atoms with E-state index < -0.39 is 31.1 Å². The van der Waals surface area contributed by atoms with Crippen LogP contribution < -0.4 is 18.9 Å². The minimum Gasteiger partial charge on any atom is -0.493 e. The number of hydrogen-bond donors (Lipinski definition) is 0. The summed E-state index contributed by atoms with van der Waals surface area (Å²) in [6.07, 6.45) is 6.84. The molecule has 0 aromatic heterocycles. The monoisotopic (exact) mass is 600 g/mol. The van der Waals surface area contributed by atoms with Crippen LogP contribution in [0.25, 0.3) is 0 Å². The quantitative estimate of drug-likeness (QED) is 0.0576. The zero-order valence-corrected chi connectivity index (χ0v) is 27.2. The fraction of sp³-hybridized carbons (Fsp3) is 0.588. The molecule has 8 heteroatoms. The van der Waals surface area contributed by atoms with E-state index in [2.05, 4.69) is 27.7 Å². The van der Waals surface area contributed by atoms with Crippen molar-refractivity contribution >= 4 is 20.0 Å². The predicted octanol–water partition coefficient (Wildman–Crippen LogP) is 9.15. The van der Waals surface area contributed by atoms with Crippen molar-refractivity contribution in [3.8, 4) is 23.0 Å². The van der Waals surface area contributed by atoms with Crippen LogP contribution in [0.4, 0.5) is 0 Å². The van der Waals surface area contributed by atoms with Gasteiger partial charge in [-0.25, -0.2) is 0 Å². The Bertz CT molecular complexity index is 1010. The van der Waals surface area contributed by atoms with Crippen molar-refractivity contribution in [2.45, 2.75) is 98.1 Å². The summed E-state index contributed by atoms with van der Waals surface area (Å²) in [7, 11) is -0.628. The third-order valence-corrected chi connectivity index (χ3v) is 8.33. The average Bonchev–Trinajstić information content (AvgIpc) is 2.98. The lowest BCUT2D eigenvalue weighted by atomic mass is 9.80. The average molecular weight is 601 g/mol. The van der Waals surface area contributed by atoms with Gasteiger partial charge in [0.2, 0.25) is 0 Å². The van der Waals surface area contributed by atoms with Gasteiger partial charge in [0.1, 0.15) is 34.1 Å². The highest BCUT2D eigenvalue weighted by Crippen LogP contribution is 2.46. The van der Waals surface area contributed by atoms with E-state index >= 15 is 0 Å². The molecule has 0 aliphatic carbocycles. The van der Waals surface area contributed by atoms with Gasteiger partial charge in [-0.15, -0.1) is 0 Å². The first-order valence-corrected chi connectivity index (χ1v) is 16.4. The highest BCUT2D eigenvalue weighted by molar-refractivity contribution is 7.30. The van der Waals surface area contributed by atoms with Crippen molar-refractivity contribution in [2.75, 3.05) is 26.4 Å². The molecule has 0 saturated heterocycles. The maximum Gasteiger partial charge on any atom is 0.196 e. The Hall–Kier alpha value is -2.92. The number of unbranched alkanes of at least 4 members (excludes halogenated alkanes) is 4. The number of rotatable bonds is 22. The fourth-order valence-corrected chi connectivity index (χ4v) is 5.05. The molecule has 0 N–H and O–H groups in total. The first-order chi connectivity index (χ1) is 20.3. The van der Waals surface area contributed by atoms with Crippen LogP contribution in [-0.2, 0) is 4.57 Å². The number of benzene rings is 2. The van der Waals surface area contributed by atoms with Gasteiger partial charge in [0.15, 0.2) is 25.2 Å². The van der Waals surface area contributed by atoms with Gasteiger partial charge < -0.3 is 18.9 Å². The van der Waals surface area contributed by atoms with Crippen LogP contribution in [0.2, 0.25) is 0 Å². The molecule has 2 rings (SSSR count). The zero-order valence-electron chi connectivity index (χ0n) is 26.3. The number of Topliss-reactive ketones (excluding diaryl/α,β-unsaturated/α-hetero) is 2. The van der Waals surface area contributed by atoms with E-state index in [4.69, 9.17) is 18.9 Å². The second kappa shape index (κ2) is 18.6. The molecule has 0 saturated carbocycles. The van der Waals surface area contributed by atoms with E-state index in [0.29, 0.717) is 49.4 Å². The van der Waals surface area contributed by atoms with E-state index in [1.807, 2.05) is 0 Å². The molecule has 0 atom stereocenters. The maximum atomic E-state index is 14.7. The van der Waals surface area contributed by atoms with E-state index in [-0.39, 0.29) is 11.1 Å². The number of ether oxygens (including phenoxy) is 4. The Morgan fingerprint density at radius 1 is 0.619 bits per heavy atom. The summed E-state index contributed by atoms with van der Waals surface area (Å²) in [5.41, 5.74) is 0.265. The first-order valence-electron chi connectivity index (χ1n) is 15.5. The molecule has 0 fully saturated rings. The van der Waals surface area contributed by atoms with Gasteiger partial charge in [0.05, 0.1) is 26.4 Å². The third kappa shape index (κ3) is 8.80. The molecule has 0 spiro atoms. The molecule has 0 radical (unpaired) electrons. The highest BCUT2D eigenvalue weighted by atomic mass is 31.1. The Labute approximate surface area is 253 Å². The lowest BCUT2D eigenvalue weighted by Crippen LogP contribution is -2.46. The molecular weight excluding hydrogens is 551 g/mol. The zero-order chi connectivity index (χ0) is 31.0. The first kappa shape index (κ1) is 35.3. The van der Waals surface area contributed by atoms with E-state index in [9.17, 15) is 14.2 Å². The predicted molar refractivity (Wildman–Crippen MR) is 168 cm³/mol. The van der Waals surface area contributed by atoms with Crippen molar-refractivity contribution in [1.82, 2.24) is 0 Å². The Kier molecular flexibility index (Phi) is 15.6. The molecule has 2 aromatic rings. The lowest BCUT2D eigenvalue weighted by Gasteiger charge is -2.30. The fourth-order valence-electron chi connectivity index (χ4n) is 4.45. The molecule has 0 bridgehead atoms. The Morgan fingerprint density at radius 3 is 1.12 bits per heavy atom. The second-order valence-electron chi connectivity index (χ2n) is 10.7. The summed E-state index contributed by atoms with van der Waals surface area (Å²) >= 11 is 0. The molecule has 7 nitrogen and oxygen atoms in total. The van der Waals surface area contributed by atoms with Gasteiger partial charge in [-0.3, -0.25) is 14.2 Å². The van der Waals surface area contributed by atoms with E-state index in [1.54, 1.807) is 50.2 Å². The summed E-state index contributed by atoms with van der Waals surface area (Å²) in [6, 6.07) is 10.3. The SMILES string of the molecule is CCCCOc1cccc(OCCCC)c1C(=O)C(P=O)(C(=O)c1c(OCCCC)cccc1OCCCC)C(C)C. The van der Waals surface area contributed by atoms with Gasteiger partial charge in [0, 0.05) is 0 Å². The van der Waals surface area contributed by atoms with Gasteiger partial charge >= 0.3 is 0 Å². The molecule has 42 heavy (non-hydrogen) atoms. The summed E-state index contributed by atoms with van der Waals surface area (Å²) < 4.78 is 37.5. The molecule has 0 unspecified atom stereocenters. The third-order valence-electron chi connectivity index (χ3n) is 7.12. The molecule has 0 aliphatic heterocycles.